The molecule has 1 saturated carbocycles. The van der Waals surface area contributed by atoms with Gasteiger partial charge < -0.3 is 5.32 Å². The Balaban J connectivity index is 2.20. The molecule has 0 aromatic carbocycles. The first-order valence-corrected chi connectivity index (χ1v) is 7.62. The zero-order chi connectivity index (χ0) is 13.3. The van der Waals surface area contributed by atoms with E-state index in [-0.39, 0.29) is 0 Å². The molecule has 0 saturated heterocycles. The highest BCUT2D eigenvalue weighted by Gasteiger charge is 2.36. The second-order valence-corrected chi connectivity index (χ2v) is 6.67. The molecule has 3 nitrogen and oxygen atoms in total. The Hall–Kier alpha value is -0.350. The zero-order valence-corrected chi connectivity index (χ0v) is 13.5. The standard InChI is InChI=1S/C14H24BrN3/c1-10-13(15)11(18(4)17-10)9-12(16-3)14(2)7-5-6-8-14/h12,16H,5-9H2,1-4H3. The van der Waals surface area contributed by atoms with Gasteiger partial charge >= 0.3 is 0 Å². The monoisotopic (exact) mass is 313 g/mol. The molecule has 102 valence electrons. The van der Waals surface area contributed by atoms with E-state index in [4.69, 9.17) is 0 Å². The van der Waals surface area contributed by atoms with Crippen LogP contribution in [0.2, 0.25) is 0 Å². The van der Waals surface area contributed by atoms with Gasteiger partial charge in [-0.05, 0) is 48.2 Å². The van der Waals surface area contributed by atoms with Gasteiger partial charge in [0, 0.05) is 19.5 Å². The van der Waals surface area contributed by atoms with Gasteiger partial charge in [-0.3, -0.25) is 4.68 Å². The molecule has 0 amide bonds. The predicted molar refractivity (Wildman–Crippen MR) is 78.8 cm³/mol. The number of hydrogen-bond acceptors (Lipinski definition) is 2. The quantitative estimate of drug-likeness (QED) is 0.925. The van der Waals surface area contributed by atoms with Gasteiger partial charge in [0.2, 0.25) is 0 Å². The Labute approximate surface area is 118 Å². The van der Waals surface area contributed by atoms with E-state index in [2.05, 4.69) is 47.2 Å². The summed E-state index contributed by atoms with van der Waals surface area (Å²) in [6.45, 7) is 4.48. The number of aryl methyl sites for hydroxylation is 2. The van der Waals surface area contributed by atoms with Crippen molar-refractivity contribution >= 4 is 15.9 Å². The van der Waals surface area contributed by atoms with Crippen LogP contribution < -0.4 is 5.32 Å². The van der Waals surface area contributed by atoms with Crippen LogP contribution in [0.3, 0.4) is 0 Å². The molecule has 4 heteroatoms. The van der Waals surface area contributed by atoms with Crippen molar-refractivity contribution < 1.29 is 0 Å². The van der Waals surface area contributed by atoms with E-state index in [1.54, 1.807) is 0 Å². The van der Waals surface area contributed by atoms with Crippen molar-refractivity contribution in [3.05, 3.63) is 15.9 Å². The second-order valence-electron chi connectivity index (χ2n) is 5.88. The lowest BCUT2D eigenvalue weighted by Gasteiger charge is -2.34. The Kier molecular flexibility index (Phi) is 4.17. The highest BCUT2D eigenvalue weighted by atomic mass is 79.9. The molecule has 1 aliphatic rings. The summed E-state index contributed by atoms with van der Waals surface area (Å²) in [5, 5.41) is 8.02. The summed E-state index contributed by atoms with van der Waals surface area (Å²) in [6.07, 6.45) is 6.48. The molecule has 1 fully saturated rings. The van der Waals surface area contributed by atoms with Crippen molar-refractivity contribution in [3.63, 3.8) is 0 Å². The van der Waals surface area contributed by atoms with Crippen LogP contribution in [-0.2, 0) is 13.5 Å². The Morgan fingerprint density at radius 3 is 2.50 bits per heavy atom. The van der Waals surface area contributed by atoms with Crippen LogP contribution in [0.4, 0.5) is 0 Å². The lowest BCUT2D eigenvalue weighted by atomic mass is 9.78. The van der Waals surface area contributed by atoms with Gasteiger partial charge in [0.05, 0.1) is 15.9 Å². The highest BCUT2D eigenvalue weighted by molar-refractivity contribution is 9.10. The molecule has 1 N–H and O–H groups in total. The van der Waals surface area contributed by atoms with Gasteiger partial charge in [-0.1, -0.05) is 19.8 Å². The van der Waals surface area contributed by atoms with Crippen molar-refractivity contribution in [2.24, 2.45) is 12.5 Å². The minimum Gasteiger partial charge on any atom is -0.316 e. The highest BCUT2D eigenvalue weighted by Crippen LogP contribution is 2.41. The van der Waals surface area contributed by atoms with Crippen molar-refractivity contribution in [3.8, 4) is 0 Å². The van der Waals surface area contributed by atoms with Crippen LogP contribution in [0.15, 0.2) is 4.47 Å². The largest absolute Gasteiger partial charge is 0.316 e. The van der Waals surface area contributed by atoms with Crippen LogP contribution in [0.1, 0.15) is 44.0 Å². The molecule has 1 aliphatic carbocycles. The van der Waals surface area contributed by atoms with Gasteiger partial charge in [0.1, 0.15) is 0 Å². The van der Waals surface area contributed by atoms with E-state index in [0.29, 0.717) is 11.5 Å². The molecule has 0 radical (unpaired) electrons. The fraction of sp³-hybridized carbons (Fsp3) is 0.786. The lowest BCUT2D eigenvalue weighted by Crippen LogP contribution is -2.42. The van der Waals surface area contributed by atoms with Crippen LogP contribution in [-0.4, -0.2) is 22.9 Å². The molecule has 18 heavy (non-hydrogen) atoms. The third kappa shape index (κ3) is 2.50. The topological polar surface area (TPSA) is 29.9 Å². The minimum atomic E-state index is 0.437. The zero-order valence-electron chi connectivity index (χ0n) is 11.9. The van der Waals surface area contributed by atoms with E-state index < -0.39 is 0 Å². The summed E-state index contributed by atoms with van der Waals surface area (Å²) >= 11 is 3.67. The number of nitrogens with one attached hydrogen (secondary N) is 1. The Bertz CT molecular complexity index is 419. The molecule has 2 rings (SSSR count). The van der Waals surface area contributed by atoms with Crippen molar-refractivity contribution in [1.29, 1.82) is 0 Å². The number of hydrogen-bond donors (Lipinski definition) is 1. The van der Waals surface area contributed by atoms with Crippen LogP contribution in [0.25, 0.3) is 0 Å². The fourth-order valence-corrected chi connectivity index (χ4v) is 3.82. The smallest absolute Gasteiger partial charge is 0.0738 e. The van der Waals surface area contributed by atoms with Gasteiger partial charge in [0.25, 0.3) is 0 Å². The molecule has 0 bridgehead atoms. The third-order valence-electron chi connectivity index (χ3n) is 4.59. The second kappa shape index (κ2) is 5.33. The number of likely N-dealkylation sites (N-methyl/N-ethyl adjacent to an activating group) is 1. The molecular weight excluding hydrogens is 290 g/mol. The summed E-state index contributed by atoms with van der Waals surface area (Å²) < 4.78 is 3.19. The summed E-state index contributed by atoms with van der Waals surface area (Å²) in [7, 11) is 4.13. The van der Waals surface area contributed by atoms with Crippen molar-refractivity contribution in [1.82, 2.24) is 15.1 Å². The number of rotatable bonds is 4. The van der Waals surface area contributed by atoms with Crippen molar-refractivity contribution in [2.75, 3.05) is 7.05 Å². The summed E-state index contributed by atoms with van der Waals surface area (Å²) in [5.74, 6) is 0. The Morgan fingerprint density at radius 2 is 2.06 bits per heavy atom. The van der Waals surface area contributed by atoms with Gasteiger partial charge in [-0.15, -0.1) is 0 Å². The number of halogens is 1. The maximum absolute atomic E-state index is 4.49. The molecule has 0 aliphatic heterocycles. The molecule has 1 heterocycles. The van der Waals surface area contributed by atoms with E-state index in [1.807, 2.05) is 11.7 Å². The molecular formula is C14H24BrN3. The first-order valence-electron chi connectivity index (χ1n) is 6.83. The summed E-state index contributed by atoms with van der Waals surface area (Å²) in [4.78, 5) is 0. The molecule has 1 atom stereocenters. The van der Waals surface area contributed by atoms with Crippen LogP contribution in [0.5, 0.6) is 0 Å². The van der Waals surface area contributed by atoms with E-state index in [1.165, 1.54) is 35.8 Å². The molecule has 1 unspecified atom stereocenters. The maximum atomic E-state index is 4.49. The van der Waals surface area contributed by atoms with E-state index in [9.17, 15) is 0 Å². The first-order chi connectivity index (χ1) is 8.48. The normalized spacial score (nSPS) is 20.3. The summed E-state index contributed by atoms with van der Waals surface area (Å²) in [6, 6.07) is 0.533. The minimum absolute atomic E-state index is 0.437. The molecule has 0 spiro atoms. The van der Waals surface area contributed by atoms with E-state index >= 15 is 0 Å². The summed E-state index contributed by atoms with van der Waals surface area (Å²) in [5.41, 5.74) is 2.82. The van der Waals surface area contributed by atoms with Crippen molar-refractivity contribution in [2.45, 2.75) is 52.0 Å². The lowest BCUT2D eigenvalue weighted by molar-refractivity contribution is 0.226. The fourth-order valence-electron chi connectivity index (χ4n) is 3.32. The third-order valence-corrected chi connectivity index (χ3v) is 5.63. The SMILES string of the molecule is CNC(Cc1c(Br)c(C)nn1C)C1(C)CCCC1. The van der Waals surface area contributed by atoms with Gasteiger partial charge in [0.15, 0.2) is 0 Å². The molecule has 1 aromatic heterocycles. The molecule has 1 aromatic rings. The van der Waals surface area contributed by atoms with Crippen LogP contribution in [0, 0.1) is 12.3 Å². The average molecular weight is 314 g/mol. The number of nitrogens with zero attached hydrogens (tertiary/aromatic N) is 2. The number of aromatic nitrogens is 2. The predicted octanol–water partition coefficient (Wildman–Crippen LogP) is 3.20. The van der Waals surface area contributed by atoms with E-state index in [0.717, 1.165) is 12.1 Å². The maximum Gasteiger partial charge on any atom is 0.0738 e. The van der Waals surface area contributed by atoms with Gasteiger partial charge in [-0.2, -0.15) is 5.10 Å². The first kappa shape index (κ1) is 14.1. The van der Waals surface area contributed by atoms with Gasteiger partial charge in [-0.25, -0.2) is 0 Å². The Morgan fingerprint density at radius 1 is 1.44 bits per heavy atom. The average Bonchev–Trinajstić information content (AvgIpc) is 2.85. The van der Waals surface area contributed by atoms with Crippen LogP contribution >= 0.6 is 15.9 Å².